The van der Waals surface area contributed by atoms with Crippen molar-refractivity contribution in [2.24, 2.45) is 34.0 Å². The molecule has 482 valence electrons. The van der Waals surface area contributed by atoms with Crippen LogP contribution in [0.2, 0.25) is 0 Å². The average Bonchev–Trinajstić information content (AvgIpc) is 1.08. The van der Waals surface area contributed by atoms with Crippen molar-refractivity contribution in [1.82, 2.24) is 10.6 Å². The molecule has 0 aromatic heterocycles. The number of carbonyl (C=O) groups is 7. The summed E-state index contributed by atoms with van der Waals surface area (Å²) in [6.45, 7) is 3.22. The summed E-state index contributed by atoms with van der Waals surface area (Å²) in [7, 11) is 0. The summed E-state index contributed by atoms with van der Waals surface area (Å²) in [6, 6.07) is 27.0. The van der Waals surface area contributed by atoms with Gasteiger partial charge in [0, 0.05) is 64.8 Å². The molecular weight excluding hydrogens is 1180 g/mol. The number of fused-ring (bicyclic) bond motifs is 9. The molecule has 14 atom stereocenters. The van der Waals surface area contributed by atoms with Crippen LogP contribution < -0.4 is 25.6 Å². The molecule has 3 aliphatic heterocycles. The molecule has 10 aliphatic rings. The highest BCUT2D eigenvalue weighted by molar-refractivity contribution is 6.01. The Balaban J connectivity index is 0.603. The number of amides is 4. The summed E-state index contributed by atoms with van der Waals surface area (Å²) in [4.78, 5) is 93.7. The number of aliphatic hydroxyl groups excluding tert-OH is 5. The number of ether oxygens (including phenoxy) is 5. The number of para-hydroxylation sites is 1. The number of allylic oxidation sites excluding steroid dienone is 4. The Morgan fingerprint density at radius 3 is 2.30 bits per heavy atom. The Morgan fingerprint density at radius 2 is 1.54 bits per heavy atom. The minimum absolute atomic E-state index is 0.0315. The number of aliphatic hydroxyl groups is 5. The van der Waals surface area contributed by atoms with Crippen molar-refractivity contribution in [3.05, 3.63) is 148 Å². The number of hydrogen-bond donors (Lipinski definition) is 9. The lowest BCUT2D eigenvalue weighted by Gasteiger charge is -2.70. The van der Waals surface area contributed by atoms with Gasteiger partial charge in [0.05, 0.1) is 30.1 Å². The minimum atomic E-state index is -1.99. The number of hydrogen-bond acceptors (Lipinski definition) is 17. The fourth-order valence-corrected chi connectivity index (χ4v) is 17.1. The van der Waals surface area contributed by atoms with Gasteiger partial charge in [0.1, 0.15) is 37.3 Å². The maximum atomic E-state index is 14.1. The monoisotopic (exact) mass is 1260 g/mol. The van der Waals surface area contributed by atoms with Gasteiger partial charge >= 0.3 is 12.1 Å². The third kappa shape index (κ3) is 11.1. The molecule has 1 unspecified atom stereocenters. The summed E-state index contributed by atoms with van der Waals surface area (Å²) in [5, 5.41) is 72.1. The SMILES string of the molecule is C[C@]12C=CC(=O)C=C1CC[C@@H]1[C@@H]2[C@@H](O)C[C@@]2(C)[C@H]1C[C@H]1OC(c3ccc(CC45CC(NC(=O)OCc6ccc(O[C@@H]7O[C@H](C(=O)O)[C@@H](O)[C@H](O)[C@H]7O)c(NC(=O)CCNC(=O)CCC(=O)N7Cc8ccccc8C#Cc8ccccc87)c6)(C4)C5)cc3)O[C@]12C(=O)CO. The quantitative estimate of drug-likeness (QED) is 0.0584. The van der Waals surface area contributed by atoms with Crippen molar-refractivity contribution in [3.63, 3.8) is 0 Å². The highest BCUT2D eigenvalue weighted by Gasteiger charge is 2.76. The zero-order valence-electron chi connectivity index (χ0n) is 50.9. The highest BCUT2D eigenvalue weighted by atomic mass is 16.7. The van der Waals surface area contributed by atoms with Crippen LogP contribution in [0, 0.1) is 45.8 Å². The number of carboxylic acid groups (broad SMARTS) is 1. The Morgan fingerprint density at radius 1 is 0.815 bits per heavy atom. The van der Waals surface area contributed by atoms with Gasteiger partial charge in [0.25, 0.3) is 0 Å². The number of alkyl carbamates (subject to hydrolysis) is 1. The van der Waals surface area contributed by atoms with E-state index in [1.807, 2.05) is 79.7 Å². The lowest BCUT2D eigenvalue weighted by atomic mass is 9.38. The van der Waals surface area contributed by atoms with Crippen molar-refractivity contribution in [3.8, 4) is 17.6 Å². The number of nitrogens with one attached hydrogen (secondary N) is 3. The van der Waals surface area contributed by atoms with E-state index in [1.54, 1.807) is 23.1 Å². The summed E-state index contributed by atoms with van der Waals surface area (Å²) in [5.41, 5.74) is 2.80. The number of ketones is 2. The third-order valence-corrected chi connectivity index (χ3v) is 21.3. The number of anilines is 2. The average molecular weight is 1260 g/mol. The number of aliphatic carboxylic acids is 1. The molecule has 2 saturated heterocycles. The number of Topliss-reactive ketones (excluding diaryl/α,β-unsaturated/α-hetero) is 1. The second kappa shape index (κ2) is 24.1. The molecular formula is C70H74N4O18. The summed E-state index contributed by atoms with van der Waals surface area (Å²) in [5.74, 6) is 2.50. The maximum absolute atomic E-state index is 14.1. The smallest absolute Gasteiger partial charge is 0.407 e. The molecule has 4 amide bonds. The first-order valence-corrected chi connectivity index (χ1v) is 31.5. The molecule has 4 aromatic carbocycles. The van der Waals surface area contributed by atoms with Gasteiger partial charge < -0.3 is 75.2 Å². The van der Waals surface area contributed by atoms with Crippen LogP contribution >= 0.6 is 0 Å². The fraction of sp³-hybridized carbons (Fsp3) is 0.471. The first-order chi connectivity index (χ1) is 44.0. The van der Waals surface area contributed by atoms with E-state index in [2.05, 4.69) is 34.7 Å². The fourth-order valence-electron chi connectivity index (χ4n) is 17.1. The van der Waals surface area contributed by atoms with E-state index in [4.69, 9.17) is 23.7 Å². The molecule has 4 aromatic rings. The molecule has 8 fully saturated rings. The number of benzene rings is 4. The van der Waals surface area contributed by atoms with Crippen LogP contribution in [0.15, 0.2) is 115 Å². The Hall–Kier alpha value is -8.11. The van der Waals surface area contributed by atoms with Crippen LogP contribution in [0.4, 0.5) is 16.2 Å². The summed E-state index contributed by atoms with van der Waals surface area (Å²) in [6.07, 6.45) is -2.84. The Kier molecular flexibility index (Phi) is 16.4. The van der Waals surface area contributed by atoms with Gasteiger partial charge in [-0.25, -0.2) is 9.59 Å². The molecule has 2 bridgehead atoms. The maximum Gasteiger partial charge on any atom is 0.407 e. The summed E-state index contributed by atoms with van der Waals surface area (Å²) < 4.78 is 30.3. The Labute approximate surface area is 530 Å². The van der Waals surface area contributed by atoms with Gasteiger partial charge in [-0.3, -0.25) is 24.0 Å². The number of nitrogens with zero attached hydrogens (tertiary/aromatic N) is 1. The predicted octanol–water partition coefficient (Wildman–Crippen LogP) is 5.12. The van der Waals surface area contributed by atoms with Gasteiger partial charge in [-0.2, -0.15) is 0 Å². The molecule has 14 rings (SSSR count). The zero-order valence-corrected chi connectivity index (χ0v) is 50.9. The summed E-state index contributed by atoms with van der Waals surface area (Å²) >= 11 is 0. The molecule has 9 N–H and O–H groups in total. The topological polar surface area (TPSA) is 326 Å². The zero-order chi connectivity index (χ0) is 64.6. The van der Waals surface area contributed by atoms with Crippen molar-refractivity contribution in [1.29, 1.82) is 0 Å². The molecule has 3 heterocycles. The first kappa shape index (κ1) is 62.7. The van der Waals surface area contributed by atoms with E-state index in [0.717, 1.165) is 40.7 Å². The molecule has 22 heteroatoms. The van der Waals surface area contributed by atoms with Crippen LogP contribution in [-0.2, 0) is 67.3 Å². The lowest BCUT2D eigenvalue weighted by molar-refractivity contribution is -0.271. The second-order valence-corrected chi connectivity index (χ2v) is 27.0. The van der Waals surface area contributed by atoms with Crippen LogP contribution in [0.1, 0.15) is 118 Å². The van der Waals surface area contributed by atoms with Gasteiger partial charge in [-0.15, -0.1) is 0 Å². The highest BCUT2D eigenvalue weighted by Crippen LogP contribution is 2.71. The van der Waals surface area contributed by atoms with E-state index < -0.39 is 107 Å². The van der Waals surface area contributed by atoms with E-state index in [0.29, 0.717) is 48.9 Å². The van der Waals surface area contributed by atoms with Crippen molar-refractivity contribution >= 4 is 52.7 Å². The molecule has 6 saturated carbocycles. The van der Waals surface area contributed by atoms with Crippen LogP contribution in [-0.4, -0.2) is 139 Å². The van der Waals surface area contributed by atoms with Gasteiger partial charge in [0.15, 0.2) is 29.6 Å². The van der Waals surface area contributed by atoms with Crippen molar-refractivity contribution in [2.75, 3.05) is 23.4 Å². The molecule has 7 aliphatic carbocycles. The molecule has 92 heavy (non-hydrogen) atoms. The van der Waals surface area contributed by atoms with E-state index >= 15 is 0 Å². The normalized spacial score (nSPS) is 34.1. The lowest BCUT2D eigenvalue weighted by Crippen LogP contribution is -2.75. The first-order valence-electron chi connectivity index (χ1n) is 31.5. The van der Waals surface area contributed by atoms with Crippen LogP contribution in [0.5, 0.6) is 5.75 Å². The molecule has 0 radical (unpaired) electrons. The van der Waals surface area contributed by atoms with Crippen molar-refractivity contribution in [2.45, 2.75) is 158 Å². The third-order valence-electron chi connectivity index (χ3n) is 21.3. The standard InChI is InChI=1S/C70H74N4O18/c1-66-25-23-45(76)28-44(66)18-19-46-47-29-53-70(52(78)33-75,67(47,2)31-50(77)57(46)66)92-63(90-53)42-14-11-38(12-15-42)30-68-35-69(36-68,37-68)73-65(87)88-34-39-13-20-51(89-64-60(84)58(82)59(83)61(91-64)62(85)86)48(27-39)72-55(80)24-26-71-54(79)21-22-56(81)74-32-43-9-4-3-7-40(43)16-17-41-8-5-6-10-49(41)74/h3-15,20,23,25,27-28,46-47,50,53,57-61,63-64,75,77,82-84H,18-19,21-22,24,26,29-37H2,1-2H3,(H,71,79)(H,72,80)(H,73,87)(H,85,86)/t46-,47-,50-,53+,57+,58-,59-,60+,61-,63?,64+,66-,67-,68?,69?,70+/m0/s1. The van der Waals surface area contributed by atoms with E-state index in [1.165, 1.54) is 18.2 Å². The Bertz CT molecular complexity index is 3780. The minimum Gasteiger partial charge on any atom is -0.479 e. The van der Waals surface area contributed by atoms with E-state index in [-0.39, 0.29) is 91.7 Å². The predicted molar refractivity (Wildman–Crippen MR) is 326 cm³/mol. The van der Waals surface area contributed by atoms with Gasteiger partial charge in [-0.1, -0.05) is 98.0 Å². The number of carbonyl (C=O) groups excluding carboxylic acids is 6. The second-order valence-electron chi connectivity index (χ2n) is 27.0. The number of carboxylic acids is 1. The molecule has 22 nitrogen and oxygen atoms in total. The van der Waals surface area contributed by atoms with Gasteiger partial charge in [-0.05, 0) is 128 Å². The largest absolute Gasteiger partial charge is 0.479 e. The van der Waals surface area contributed by atoms with E-state index in [9.17, 15) is 64.2 Å². The van der Waals surface area contributed by atoms with Crippen LogP contribution in [0.25, 0.3) is 0 Å². The molecule has 0 spiro atoms. The van der Waals surface area contributed by atoms with Crippen LogP contribution in [0.3, 0.4) is 0 Å². The van der Waals surface area contributed by atoms with Gasteiger partial charge in [0.2, 0.25) is 24.0 Å². The number of rotatable bonds is 18. The van der Waals surface area contributed by atoms with Crippen molar-refractivity contribution < 1.29 is 87.9 Å².